The zero-order valence-corrected chi connectivity index (χ0v) is 14.2. The van der Waals surface area contributed by atoms with E-state index >= 15 is 0 Å². The second-order valence-electron chi connectivity index (χ2n) is 6.25. The minimum absolute atomic E-state index is 0.0125. The molecule has 3 rings (SSSR count). The van der Waals surface area contributed by atoms with Gasteiger partial charge in [0.1, 0.15) is 5.82 Å². The molecule has 1 aliphatic rings. The quantitative estimate of drug-likeness (QED) is 0.624. The van der Waals surface area contributed by atoms with E-state index in [9.17, 15) is 14.4 Å². The highest BCUT2D eigenvalue weighted by Crippen LogP contribution is 2.23. The fourth-order valence-electron chi connectivity index (χ4n) is 3.11. The summed E-state index contributed by atoms with van der Waals surface area (Å²) in [5, 5.41) is 2.16. The molecule has 3 N–H and O–H groups in total. The van der Waals surface area contributed by atoms with Crippen molar-refractivity contribution in [1.29, 1.82) is 0 Å². The summed E-state index contributed by atoms with van der Waals surface area (Å²) in [6.45, 7) is 2.18. The lowest BCUT2D eigenvalue weighted by atomic mass is 10.1. The summed E-state index contributed by atoms with van der Waals surface area (Å²) in [6.07, 6.45) is 5.77. The van der Waals surface area contributed by atoms with E-state index in [2.05, 4.69) is 12.2 Å². The van der Waals surface area contributed by atoms with Gasteiger partial charge in [-0.2, -0.15) is 0 Å². The summed E-state index contributed by atoms with van der Waals surface area (Å²) >= 11 is 0. The molecule has 1 aromatic heterocycles. The van der Waals surface area contributed by atoms with Gasteiger partial charge in [0, 0.05) is 6.07 Å². The summed E-state index contributed by atoms with van der Waals surface area (Å²) in [6, 6.07) is 8.71. The van der Waals surface area contributed by atoms with Crippen molar-refractivity contribution in [2.24, 2.45) is 0 Å². The van der Waals surface area contributed by atoms with Crippen molar-refractivity contribution in [1.82, 2.24) is 9.88 Å². The van der Waals surface area contributed by atoms with Crippen LogP contribution in [0.15, 0.2) is 35.1 Å². The normalized spacial score (nSPS) is 13.0. The predicted molar refractivity (Wildman–Crippen MR) is 96.1 cm³/mol. The predicted octanol–water partition coefficient (Wildman–Crippen LogP) is 2.43. The fraction of sp³-hybridized carbons (Fsp3) is 0.316. The van der Waals surface area contributed by atoms with Gasteiger partial charge in [0.2, 0.25) is 0 Å². The van der Waals surface area contributed by atoms with Gasteiger partial charge in [-0.15, -0.1) is 0 Å². The number of hydrogen-bond donors (Lipinski definition) is 2. The number of nitrogen functional groups attached to an aromatic ring is 1. The van der Waals surface area contributed by atoms with E-state index in [4.69, 9.17) is 5.73 Å². The van der Waals surface area contributed by atoms with Crippen molar-refractivity contribution in [3.05, 3.63) is 57.4 Å². The Bertz CT molecular complexity index is 882. The fourth-order valence-corrected chi connectivity index (χ4v) is 3.11. The van der Waals surface area contributed by atoms with Crippen LogP contribution in [-0.4, -0.2) is 16.4 Å². The van der Waals surface area contributed by atoms with Crippen LogP contribution in [0.3, 0.4) is 0 Å². The standard InChI is InChI=1S/C19H21N3O3/c1-2-3-4-5-6-12-7-9-13(10-8-12)22-15(23)11-14-16(17(22)20)19(25)21-18(14)24/h7-11H,2-6,20H2,1H3,(H,21,24,25). The van der Waals surface area contributed by atoms with Gasteiger partial charge in [-0.25, -0.2) is 0 Å². The molecule has 0 fully saturated rings. The third-order valence-corrected chi connectivity index (χ3v) is 4.47. The van der Waals surface area contributed by atoms with Gasteiger partial charge in [-0.05, 0) is 30.5 Å². The van der Waals surface area contributed by atoms with Gasteiger partial charge >= 0.3 is 0 Å². The van der Waals surface area contributed by atoms with Crippen molar-refractivity contribution in [3.8, 4) is 5.69 Å². The van der Waals surface area contributed by atoms with Gasteiger partial charge < -0.3 is 5.73 Å². The van der Waals surface area contributed by atoms with Crippen LogP contribution in [0.1, 0.15) is 58.9 Å². The van der Waals surface area contributed by atoms with Crippen LogP contribution in [-0.2, 0) is 6.42 Å². The van der Waals surface area contributed by atoms with E-state index in [1.807, 2.05) is 24.3 Å². The third kappa shape index (κ3) is 3.20. The van der Waals surface area contributed by atoms with Gasteiger partial charge in [-0.3, -0.25) is 24.3 Å². The molecule has 0 aliphatic carbocycles. The summed E-state index contributed by atoms with van der Waals surface area (Å²) in [7, 11) is 0. The minimum atomic E-state index is -0.585. The summed E-state index contributed by atoms with van der Waals surface area (Å²) in [5.41, 5.74) is 7.46. The zero-order chi connectivity index (χ0) is 18.0. The molecule has 6 heteroatoms. The first-order chi connectivity index (χ1) is 12.0. The molecule has 0 radical (unpaired) electrons. The Hall–Kier alpha value is -2.89. The molecular weight excluding hydrogens is 318 g/mol. The molecule has 1 aromatic carbocycles. The number of unbranched alkanes of at least 4 members (excludes halogenated alkanes) is 3. The maximum absolute atomic E-state index is 12.4. The number of pyridine rings is 1. The van der Waals surface area contributed by atoms with Crippen LogP contribution in [0.2, 0.25) is 0 Å². The second kappa shape index (κ2) is 6.93. The minimum Gasteiger partial charge on any atom is -0.384 e. The number of fused-ring (bicyclic) bond motifs is 1. The number of nitrogens with zero attached hydrogens (tertiary/aromatic N) is 1. The van der Waals surface area contributed by atoms with Crippen molar-refractivity contribution in [2.45, 2.75) is 39.0 Å². The van der Waals surface area contributed by atoms with Gasteiger partial charge in [0.05, 0.1) is 16.8 Å². The van der Waals surface area contributed by atoms with E-state index < -0.39 is 17.4 Å². The largest absolute Gasteiger partial charge is 0.384 e. The number of carbonyl (C=O) groups excluding carboxylic acids is 2. The summed E-state index contributed by atoms with van der Waals surface area (Å²) in [5.74, 6) is -1.17. The Morgan fingerprint density at radius 1 is 1.00 bits per heavy atom. The van der Waals surface area contributed by atoms with Gasteiger partial charge in [0.25, 0.3) is 17.4 Å². The van der Waals surface area contributed by atoms with Crippen LogP contribution in [0.25, 0.3) is 5.69 Å². The van der Waals surface area contributed by atoms with E-state index in [-0.39, 0.29) is 16.9 Å². The summed E-state index contributed by atoms with van der Waals surface area (Å²) in [4.78, 5) is 35.9. The number of amides is 2. The van der Waals surface area contributed by atoms with Gasteiger partial charge in [-0.1, -0.05) is 38.3 Å². The highest BCUT2D eigenvalue weighted by molar-refractivity contribution is 6.23. The molecule has 1 aliphatic heterocycles. The number of rotatable bonds is 6. The van der Waals surface area contributed by atoms with Crippen molar-refractivity contribution in [2.75, 3.05) is 5.73 Å². The number of hydrogen-bond acceptors (Lipinski definition) is 4. The molecule has 0 unspecified atom stereocenters. The van der Waals surface area contributed by atoms with Crippen molar-refractivity contribution < 1.29 is 9.59 Å². The molecule has 2 amide bonds. The smallest absolute Gasteiger partial charge is 0.262 e. The molecule has 25 heavy (non-hydrogen) atoms. The molecule has 0 spiro atoms. The summed E-state index contributed by atoms with van der Waals surface area (Å²) < 4.78 is 1.26. The SMILES string of the molecule is CCCCCCc1ccc(-n2c(N)c3c(cc2=O)C(=O)NC3=O)cc1. The number of anilines is 1. The van der Waals surface area contributed by atoms with Gasteiger partial charge in [0.15, 0.2) is 0 Å². The van der Waals surface area contributed by atoms with Crippen LogP contribution in [0.4, 0.5) is 5.82 Å². The lowest BCUT2D eigenvalue weighted by Crippen LogP contribution is -2.24. The third-order valence-electron chi connectivity index (χ3n) is 4.47. The molecular formula is C19H21N3O3. The Morgan fingerprint density at radius 2 is 1.72 bits per heavy atom. The monoisotopic (exact) mass is 339 g/mol. The van der Waals surface area contributed by atoms with E-state index in [1.54, 1.807) is 0 Å². The Morgan fingerprint density at radius 3 is 2.40 bits per heavy atom. The molecule has 130 valence electrons. The lowest BCUT2D eigenvalue weighted by molar-refractivity contribution is 0.0880. The first-order valence-electron chi connectivity index (χ1n) is 8.53. The lowest BCUT2D eigenvalue weighted by Gasteiger charge is -2.12. The Labute approximate surface area is 145 Å². The number of aryl methyl sites for hydroxylation is 1. The molecule has 0 saturated heterocycles. The van der Waals surface area contributed by atoms with Crippen molar-refractivity contribution in [3.63, 3.8) is 0 Å². The number of nitrogens with one attached hydrogen (secondary N) is 1. The van der Waals surface area contributed by atoms with E-state index in [0.717, 1.165) is 18.9 Å². The van der Waals surface area contributed by atoms with Crippen LogP contribution in [0, 0.1) is 0 Å². The maximum Gasteiger partial charge on any atom is 0.262 e. The molecule has 6 nitrogen and oxygen atoms in total. The number of imide groups is 1. The average molecular weight is 339 g/mol. The van der Waals surface area contributed by atoms with Crippen LogP contribution < -0.4 is 16.6 Å². The van der Waals surface area contributed by atoms with E-state index in [1.165, 1.54) is 29.4 Å². The molecule has 2 heterocycles. The molecule has 0 saturated carbocycles. The average Bonchev–Trinajstić information content (AvgIpc) is 2.87. The first kappa shape index (κ1) is 17.0. The molecule has 0 atom stereocenters. The van der Waals surface area contributed by atoms with Crippen molar-refractivity contribution >= 4 is 17.6 Å². The maximum atomic E-state index is 12.4. The van der Waals surface area contributed by atoms with E-state index in [0.29, 0.717) is 5.69 Å². The number of carbonyl (C=O) groups is 2. The van der Waals surface area contributed by atoms with Crippen LogP contribution >= 0.6 is 0 Å². The highest BCUT2D eigenvalue weighted by Gasteiger charge is 2.31. The number of aromatic nitrogens is 1. The zero-order valence-electron chi connectivity index (χ0n) is 14.2. The molecule has 0 bridgehead atoms. The molecule has 2 aromatic rings. The topological polar surface area (TPSA) is 94.2 Å². The second-order valence-corrected chi connectivity index (χ2v) is 6.25. The van der Waals surface area contributed by atoms with Crippen LogP contribution in [0.5, 0.6) is 0 Å². The number of benzene rings is 1. The highest BCUT2D eigenvalue weighted by atomic mass is 16.2. The Kier molecular flexibility index (Phi) is 4.70. The Balaban J connectivity index is 1.90. The first-order valence-corrected chi connectivity index (χ1v) is 8.53. The number of nitrogens with two attached hydrogens (primary N) is 1.